The van der Waals surface area contributed by atoms with Crippen molar-refractivity contribution in [3.63, 3.8) is 0 Å². The van der Waals surface area contributed by atoms with Crippen molar-refractivity contribution in [1.29, 1.82) is 0 Å². The minimum atomic E-state index is 0.786. The van der Waals surface area contributed by atoms with Gasteiger partial charge in [0.05, 0.1) is 13.2 Å². The highest BCUT2D eigenvalue weighted by Crippen LogP contribution is 2.18. The van der Waals surface area contributed by atoms with Crippen molar-refractivity contribution in [2.75, 3.05) is 44.8 Å². The normalized spacial score (nSPS) is 16.2. The van der Waals surface area contributed by atoms with E-state index in [1.807, 2.05) is 20.2 Å². The molecule has 2 rings (SSSR count). The number of nitrogens with zero attached hydrogens (tertiary/aromatic N) is 3. The van der Waals surface area contributed by atoms with Crippen LogP contribution in [0.4, 0.5) is 5.82 Å². The molecule has 5 nitrogen and oxygen atoms in total. The van der Waals surface area contributed by atoms with Gasteiger partial charge in [0.2, 0.25) is 0 Å². The van der Waals surface area contributed by atoms with E-state index in [0.717, 1.165) is 50.9 Å². The molecular weight excluding hydrogens is 216 g/mol. The lowest BCUT2D eigenvalue weighted by atomic mass is 10.2. The van der Waals surface area contributed by atoms with E-state index in [-0.39, 0.29) is 0 Å². The lowest BCUT2D eigenvalue weighted by Gasteiger charge is -2.29. The topological polar surface area (TPSA) is 50.3 Å². The van der Waals surface area contributed by atoms with Crippen LogP contribution in [0.3, 0.4) is 0 Å². The van der Waals surface area contributed by atoms with E-state index < -0.39 is 0 Å². The van der Waals surface area contributed by atoms with Crippen molar-refractivity contribution in [1.82, 2.24) is 15.3 Å². The quantitative estimate of drug-likeness (QED) is 0.819. The lowest BCUT2D eigenvalue weighted by Crippen LogP contribution is -2.37. The predicted molar refractivity (Wildman–Crippen MR) is 67.4 cm³/mol. The summed E-state index contributed by atoms with van der Waals surface area (Å²) in [5, 5.41) is 3.16. The van der Waals surface area contributed by atoms with Gasteiger partial charge in [-0.2, -0.15) is 0 Å². The average Bonchev–Trinajstić information content (AvgIpc) is 2.38. The molecule has 17 heavy (non-hydrogen) atoms. The van der Waals surface area contributed by atoms with Gasteiger partial charge < -0.3 is 15.0 Å². The molecule has 0 unspecified atom stereocenters. The Morgan fingerprint density at radius 1 is 1.41 bits per heavy atom. The van der Waals surface area contributed by atoms with E-state index in [1.165, 1.54) is 5.56 Å². The standard InChI is InChI=1S/C12H20N4O/c1-10-14-9-11(3-4-13-2)12(15-10)16-5-7-17-8-6-16/h9,13H,3-8H2,1-2H3. The Morgan fingerprint density at radius 3 is 2.88 bits per heavy atom. The molecule has 0 spiro atoms. The van der Waals surface area contributed by atoms with Gasteiger partial charge in [-0.1, -0.05) is 0 Å². The Bertz CT molecular complexity index is 364. The van der Waals surface area contributed by atoms with Gasteiger partial charge in [-0.25, -0.2) is 9.97 Å². The Labute approximate surface area is 102 Å². The van der Waals surface area contributed by atoms with Crippen LogP contribution >= 0.6 is 0 Å². The van der Waals surface area contributed by atoms with Crippen molar-refractivity contribution >= 4 is 5.82 Å². The lowest BCUT2D eigenvalue weighted by molar-refractivity contribution is 0.122. The van der Waals surface area contributed by atoms with E-state index in [1.54, 1.807) is 0 Å². The second-order valence-corrected chi connectivity index (χ2v) is 4.22. The summed E-state index contributed by atoms with van der Waals surface area (Å²) in [6.07, 6.45) is 2.91. The Kier molecular flexibility index (Phi) is 4.28. The highest BCUT2D eigenvalue weighted by atomic mass is 16.5. The fourth-order valence-electron chi connectivity index (χ4n) is 1.97. The van der Waals surface area contributed by atoms with Crippen LogP contribution in [0, 0.1) is 6.92 Å². The van der Waals surface area contributed by atoms with Gasteiger partial charge >= 0.3 is 0 Å². The summed E-state index contributed by atoms with van der Waals surface area (Å²) in [6, 6.07) is 0. The second kappa shape index (κ2) is 5.93. The Balaban J connectivity index is 2.19. The number of nitrogens with one attached hydrogen (secondary N) is 1. The minimum Gasteiger partial charge on any atom is -0.378 e. The van der Waals surface area contributed by atoms with E-state index in [9.17, 15) is 0 Å². The number of morpholine rings is 1. The molecule has 0 aliphatic carbocycles. The molecule has 1 saturated heterocycles. The van der Waals surface area contributed by atoms with Gasteiger partial charge in [0.25, 0.3) is 0 Å². The molecule has 1 aromatic rings. The van der Waals surface area contributed by atoms with Crippen LogP contribution in [0.15, 0.2) is 6.20 Å². The number of rotatable bonds is 4. The molecule has 0 amide bonds. The molecule has 94 valence electrons. The molecule has 1 aromatic heterocycles. The van der Waals surface area contributed by atoms with Crippen LogP contribution in [0.5, 0.6) is 0 Å². The van der Waals surface area contributed by atoms with Crippen LogP contribution in [0.1, 0.15) is 11.4 Å². The number of anilines is 1. The average molecular weight is 236 g/mol. The molecular formula is C12H20N4O. The number of hydrogen-bond donors (Lipinski definition) is 1. The van der Waals surface area contributed by atoms with Crippen LogP contribution < -0.4 is 10.2 Å². The second-order valence-electron chi connectivity index (χ2n) is 4.22. The van der Waals surface area contributed by atoms with E-state index in [4.69, 9.17) is 4.74 Å². The summed E-state index contributed by atoms with van der Waals surface area (Å²) in [5.41, 5.74) is 1.21. The molecule has 2 heterocycles. The Morgan fingerprint density at radius 2 is 2.18 bits per heavy atom. The van der Waals surface area contributed by atoms with Crippen LogP contribution in [0.2, 0.25) is 0 Å². The molecule has 1 aliphatic heterocycles. The number of aryl methyl sites for hydroxylation is 1. The molecule has 0 aromatic carbocycles. The molecule has 0 saturated carbocycles. The summed E-state index contributed by atoms with van der Waals surface area (Å²) in [7, 11) is 1.96. The van der Waals surface area contributed by atoms with Crippen molar-refractivity contribution in [2.24, 2.45) is 0 Å². The first-order chi connectivity index (χ1) is 8.31. The maximum Gasteiger partial charge on any atom is 0.135 e. The first-order valence-corrected chi connectivity index (χ1v) is 6.11. The summed E-state index contributed by atoms with van der Waals surface area (Å²) < 4.78 is 5.38. The highest BCUT2D eigenvalue weighted by Gasteiger charge is 2.16. The maximum atomic E-state index is 5.38. The third kappa shape index (κ3) is 3.14. The molecule has 0 atom stereocenters. The number of likely N-dealkylation sites (N-methyl/N-ethyl adjacent to an activating group) is 1. The summed E-state index contributed by atoms with van der Waals surface area (Å²) in [6.45, 7) is 6.30. The summed E-state index contributed by atoms with van der Waals surface area (Å²) >= 11 is 0. The fourth-order valence-corrected chi connectivity index (χ4v) is 1.97. The first-order valence-electron chi connectivity index (χ1n) is 6.11. The number of ether oxygens (including phenoxy) is 1. The third-order valence-electron chi connectivity index (χ3n) is 2.92. The smallest absolute Gasteiger partial charge is 0.135 e. The van der Waals surface area contributed by atoms with Gasteiger partial charge in [-0.3, -0.25) is 0 Å². The van der Waals surface area contributed by atoms with Crippen LogP contribution in [0.25, 0.3) is 0 Å². The maximum absolute atomic E-state index is 5.38. The summed E-state index contributed by atoms with van der Waals surface area (Å²) in [4.78, 5) is 11.2. The third-order valence-corrected chi connectivity index (χ3v) is 2.92. The molecule has 1 N–H and O–H groups in total. The zero-order valence-corrected chi connectivity index (χ0v) is 10.6. The van der Waals surface area contributed by atoms with Crippen LogP contribution in [-0.4, -0.2) is 49.9 Å². The number of hydrogen-bond acceptors (Lipinski definition) is 5. The first kappa shape index (κ1) is 12.3. The minimum absolute atomic E-state index is 0.786. The van der Waals surface area contributed by atoms with Gasteiger partial charge in [0.1, 0.15) is 11.6 Å². The van der Waals surface area contributed by atoms with Gasteiger partial charge in [0, 0.05) is 24.8 Å². The van der Waals surface area contributed by atoms with Gasteiger partial charge in [-0.15, -0.1) is 0 Å². The predicted octanol–water partition coefficient (Wildman–Crippen LogP) is 0.384. The van der Waals surface area contributed by atoms with E-state index >= 15 is 0 Å². The monoisotopic (exact) mass is 236 g/mol. The number of aromatic nitrogens is 2. The van der Waals surface area contributed by atoms with Gasteiger partial charge in [0.15, 0.2) is 0 Å². The van der Waals surface area contributed by atoms with Crippen LogP contribution in [-0.2, 0) is 11.2 Å². The molecule has 0 radical (unpaired) electrons. The molecule has 0 bridgehead atoms. The molecule has 5 heteroatoms. The van der Waals surface area contributed by atoms with E-state index in [0.29, 0.717) is 0 Å². The largest absolute Gasteiger partial charge is 0.378 e. The van der Waals surface area contributed by atoms with Crippen molar-refractivity contribution in [3.8, 4) is 0 Å². The Hall–Kier alpha value is -1.20. The van der Waals surface area contributed by atoms with E-state index in [2.05, 4.69) is 20.2 Å². The molecule has 1 aliphatic rings. The zero-order chi connectivity index (χ0) is 12.1. The zero-order valence-electron chi connectivity index (χ0n) is 10.6. The van der Waals surface area contributed by atoms with Gasteiger partial charge in [-0.05, 0) is 26.9 Å². The SMILES string of the molecule is CNCCc1cnc(C)nc1N1CCOCC1. The molecule has 1 fully saturated rings. The summed E-state index contributed by atoms with van der Waals surface area (Å²) in [5.74, 6) is 1.91. The van der Waals surface area contributed by atoms with Crippen molar-refractivity contribution in [3.05, 3.63) is 17.6 Å². The van der Waals surface area contributed by atoms with Crippen molar-refractivity contribution in [2.45, 2.75) is 13.3 Å². The highest BCUT2D eigenvalue weighted by molar-refractivity contribution is 5.46. The van der Waals surface area contributed by atoms with Crippen molar-refractivity contribution < 1.29 is 4.74 Å². The fraction of sp³-hybridized carbons (Fsp3) is 0.667.